The molecule has 1 aromatic heterocycles. The van der Waals surface area contributed by atoms with Gasteiger partial charge in [0.05, 0.1) is 23.4 Å². The second-order valence-corrected chi connectivity index (χ2v) is 9.82. The van der Waals surface area contributed by atoms with Crippen molar-refractivity contribution in [1.82, 2.24) is 19.6 Å². The summed E-state index contributed by atoms with van der Waals surface area (Å²) in [5.74, 6) is 0.105. The molecule has 0 spiro atoms. The minimum atomic E-state index is -3.07. The number of carbonyl (C=O) groups excluding carboxylic acids is 1. The highest BCUT2D eigenvalue weighted by Crippen LogP contribution is 2.21. The van der Waals surface area contributed by atoms with Crippen molar-refractivity contribution in [3.05, 3.63) is 47.8 Å². The zero-order valence-corrected chi connectivity index (χ0v) is 18.2. The average molecular weight is 419 g/mol. The maximum atomic E-state index is 13.3. The fourth-order valence-electron chi connectivity index (χ4n) is 3.74. The number of amides is 1. The second kappa shape index (κ2) is 9.09. The second-order valence-electron chi connectivity index (χ2n) is 7.59. The van der Waals surface area contributed by atoms with E-state index in [1.165, 1.54) is 0 Å². The van der Waals surface area contributed by atoms with Gasteiger partial charge >= 0.3 is 0 Å². The molecule has 3 rings (SSSR count). The predicted octanol–water partition coefficient (Wildman–Crippen LogP) is 2.15. The van der Waals surface area contributed by atoms with E-state index >= 15 is 0 Å². The van der Waals surface area contributed by atoms with E-state index in [4.69, 9.17) is 0 Å². The van der Waals surface area contributed by atoms with E-state index in [0.717, 1.165) is 30.9 Å². The summed E-state index contributed by atoms with van der Waals surface area (Å²) in [5.41, 5.74) is 2.52. The maximum absolute atomic E-state index is 13.3. The van der Waals surface area contributed by atoms with Crippen molar-refractivity contribution in [3.63, 3.8) is 0 Å². The van der Waals surface area contributed by atoms with Crippen LogP contribution < -0.4 is 0 Å². The molecule has 1 aliphatic rings. The summed E-state index contributed by atoms with van der Waals surface area (Å²) in [5, 5.41) is 4.29. The molecule has 0 N–H and O–H groups in total. The third-order valence-electron chi connectivity index (χ3n) is 5.55. The van der Waals surface area contributed by atoms with Crippen LogP contribution in [0.2, 0.25) is 0 Å². The number of aryl methyl sites for hydroxylation is 1. The van der Waals surface area contributed by atoms with E-state index in [1.807, 2.05) is 25.3 Å². The van der Waals surface area contributed by atoms with Gasteiger partial charge in [0.15, 0.2) is 9.84 Å². The summed E-state index contributed by atoms with van der Waals surface area (Å²) in [7, 11) is -3.07. The number of hydrogen-bond acceptors (Lipinski definition) is 5. The number of aromatic nitrogens is 2. The number of carbonyl (C=O) groups is 1. The van der Waals surface area contributed by atoms with Gasteiger partial charge in [0.1, 0.15) is 0 Å². The number of rotatable bonds is 8. The molecule has 8 heteroatoms. The fourth-order valence-corrected chi connectivity index (χ4v) is 5.47. The van der Waals surface area contributed by atoms with E-state index in [0.29, 0.717) is 18.5 Å². The van der Waals surface area contributed by atoms with Crippen LogP contribution in [-0.4, -0.2) is 77.6 Å². The Morgan fingerprint density at radius 1 is 1.17 bits per heavy atom. The van der Waals surface area contributed by atoms with Gasteiger partial charge in [0, 0.05) is 30.9 Å². The molecule has 2 aromatic rings. The van der Waals surface area contributed by atoms with Crippen LogP contribution in [0, 0.1) is 6.92 Å². The van der Waals surface area contributed by atoms with Crippen LogP contribution in [0.3, 0.4) is 0 Å². The van der Waals surface area contributed by atoms with Gasteiger partial charge in [0.25, 0.3) is 5.91 Å². The van der Waals surface area contributed by atoms with Crippen molar-refractivity contribution in [2.45, 2.75) is 33.2 Å². The van der Waals surface area contributed by atoms with Crippen LogP contribution in [0.5, 0.6) is 0 Å². The Morgan fingerprint density at radius 2 is 1.86 bits per heavy atom. The van der Waals surface area contributed by atoms with E-state index in [2.05, 4.69) is 23.8 Å². The first-order valence-corrected chi connectivity index (χ1v) is 12.0. The van der Waals surface area contributed by atoms with E-state index in [-0.39, 0.29) is 23.5 Å². The van der Waals surface area contributed by atoms with Gasteiger partial charge in [-0.2, -0.15) is 5.10 Å². The quantitative estimate of drug-likeness (QED) is 0.657. The predicted molar refractivity (Wildman–Crippen MR) is 114 cm³/mol. The average Bonchev–Trinajstić information content (AvgIpc) is 3.30. The van der Waals surface area contributed by atoms with E-state index in [1.54, 1.807) is 27.9 Å². The Morgan fingerprint density at radius 3 is 2.38 bits per heavy atom. The molecule has 0 bridgehead atoms. The maximum Gasteiger partial charge on any atom is 0.254 e. The smallest absolute Gasteiger partial charge is 0.254 e. The van der Waals surface area contributed by atoms with Crippen LogP contribution in [-0.2, 0) is 9.84 Å². The Balaban J connectivity index is 1.79. The lowest BCUT2D eigenvalue weighted by molar-refractivity contribution is 0.0674. The molecule has 0 radical (unpaired) electrons. The van der Waals surface area contributed by atoms with Crippen molar-refractivity contribution in [3.8, 4) is 5.69 Å². The van der Waals surface area contributed by atoms with Crippen LogP contribution >= 0.6 is 0 Å². The van der Waals surface area contributed by atoms with Gasteiger partial charge in [-0.1, -0.05) is 13.8 Å². The number of sulfone groups is 1. The molecule has 29 heavy (non-hydrogen) atoms. The fraction of sp³-hybridized carbons (Fsp3) is 0.524. The summed E-state index contributed by atoms with van der Waals surface area (Å²) in [6.07, 6.45) is 4.22. The first-order chi connectivity index (χ1) is 13.8. The highest BCUT2D eigenvalue weighted by atomic mass is 32.2. The molecule has 0 aliphatic carbocycles. The molecule has 1 fully saturated rings. The van der Waals surface area contributed by atoms with Crippen LogP contribution in [0.4, 0.5) is 0 Å². The molecule has 1 atom stereocenters. The third-order valence-corrected chi connectivity index (χ3v) is 7.30. The lowest BCUT2D eigenvalue weighted by Crippen LogP contribution is -2.45. The largest absolute Gasteiger partial charge is 0.333 e. The number of benzene rings is 1. The summed E-state index contributed by atoms with van der Waals surface area (Å²) in [6.45, 7) is 9.22. The topological polar surface area (TPSA) is 75.5 Å². The van der Waals surface area contributed by atoms with Crippen molar-refractivity contribution in [2.75, 3.05) is 37.7 Å². The normalized spacial score (nSPS) is 18.3. The first-order valence-electron chi connectivity index (χ1n) is 10.2. The zero-order valence-electron chi connectivity index (χ0n) is 17.4. The van der Waals surface area contributed by atoms with Crippen molar-refractivity contribution >= 4 is 15.7 Å². The van der Waals surface area contributed by atoms with Crippen molar-refractivity contribution in [2.24, 2.45) is 0 Å². The molecule has 0 saturated carbocycles. The SMILES string of the molecule is CCN(CC)CCN(C(=O)c1ccc(-n2cc(C)cn2)cc1)C1CCS(=O)(=O)C1. The van der Waals surface area contributed by atoms with Gasteiger partial charge in [-0.25, -0.2) is 13.1 Å². The summed E-state index contributed by atoms with van der Waals surface area (Å²) in [4.78, 5) is 17.3. The van der Waals surface area contributed by atoms with E-state index in [9.17, 15) is 13.2 Å². The summed E-state index contributed by atoms with van der Waals surface area (Å²) >= 11 is 0. The van der Waals surface area contributed by atoms with E-state index < -0.39 is 9.84 Å². The molecule has 2 heterocycles. The highest BCUT2D eigenvalue weighted by molar-refractivity contribution is 7.91. The molecule has 1 unspecified atom stereocenters. The summed E-state index contributed by atoms with van der Waals surface area (Å²) in [6, 6.07) is 7.07. The van der Waals surface area contributed by atoms with Gasteiger partial charge in [-0.05, 0) is 56.3 Å². The number of hydrogen-bond donors (Lipinski definition) is 0. The van der Waals surface area contributed by atoms with Gasteiger partial charge in [0.2, 0.25) is 0 Å². The minimum absolute atomic E-state index is 0.0572. The van der Waals surface area contributed by atoms with Gasteiger partial charge in [-0.3, -0.25) is 4.79 Å². The number of likely N-dealkylation sites (N-methyl/N-ethyl adjacent to an activating group) is 1. The molecule has 1 aliphatic heterocycles. The molecular formula is C21H30N4O3S. The summed E-state index contributed by atoms with van der Waals surface area (Å²) < 4.78 is 25.8. The molecule has 7 nitrogen and oxygen atoms in total. The molecule has 1 saturated heterocycles. The van der Waals surface area contributed by atoms with Gasteiger partial charge in [-0.15, -0.1) is 0 Å². The Labute approximate surface area is 173 Å². The Bertz CT molecular complexity index is 933. The Hall–Kier alpha value is -2.19. The van der Waals surface area contributed by atoms with Gasteiger partial charge < -0.3 is 9.80 Å². The molecule has 1 amide bonds. The van der Waals surface area contributed by atoms with Crippen LogP contribution in [0.15, 0.2) is 36.7 Å². The minimum Gasteiger partial charge on any atom is -0.333 e. The monoisotopic (exact) mass is 418 g/mol. The zero-order chi connectivity index (χ0) is 21.0. The molecule has 158 valence electrons. The molecular weight excluding hydrogens is 388 g/mol. The Kier molecular flexibility index (Phi) is 6.74. The number of nitrogens with zero attached hydrogens (tertiary/aromatic N) is 4. The third kappa shape index (κ3) is 5.25. The van der Waals surface area contributed by atoms with Crippen LogP contribution in [0.25, 0.3) is 5.69 Å². The van der Waals surface area contributed by atoms with Crippen molar-refractivity contribution < 1.29 is 13.2 Å². The highest BCUT2D eigenvalue weighted by Gasteiger charge is 2.35. The lowest BCUT2D eigenvalue weighted by Gasteiger charge is -2.31. The van der Waals surface area contributed by atoms with Crippen LogP contribution in [0.1, 0.15) is 36.2 Å². The van der Waals surface area contributed by atoms with Crippen molar-refractivity contribution in [1.29, 1.82) is 0 Å². The standard InChI is InChI=1S/C21H30N4O3S/c1-4-23(5-2)11-12-24(20-10-13-29(27,28)16-20)21(26)18-6-8-19(9-7-18)25-15-17(3)14-22-25/h6-9,14-15,20H,4-5,10-13,16H2,1-3H3. The lowest BCUT2D eigenvalue weighted by atomic mass is 10.1. The first kappa shape index (κ1) is 21.5. The molecule has 1 aromatic carbocycles.